The Balaban J connectivity index is 1.50. The standard InChI is InChI=1S/C19H26BrFN2O/c20-17-6-5-16(18(21)13-17)14-22-11-7-15(8-12-22)19(24)23-9-3-1-2-4-10-23/h5-6,13,15H,1-4,7-12,14H2. The molecule has 3 nitrogen and oxygen atoms in total. The molecule has 1 aromatic carbocycles. The third-order valence-corrected chi connectivity index (χ3v) is 5.76. The summed E-state index contributed by atoms with van der Waals surface area (Å²) in [4.78, 5) is 17.1. The number of hydrogen-bond acceptors (Lipinski definition) is 2. The minimum Gasteiger partial charge on any atom is -0.342 e. The Hall–Kier alpha value is -0.940. The Morgan fingerprint density at radius 2 is 1.75 bits per heavy atom. The van der Waals surface area contributed by atoms with E-state index in [1.54, 1.807) is 0 Å². The summed E-state index contributed by atoms with van der Waals surface area (Å²) < 4.78 is 14.7. The van der Waals surface area contributed by atoms with Crippen LogP contribution in [0.3, 0.4) is 0 Å². The number of piperidine rings is 1. The minimum absolute atomic E-state index is 0.160. The van der Waals surface area contributed by atoms with Crippen LogP contribution in [0.1, 0.15) is 44.1 Å². The highest BCUT2D eigenvalue weighted by molar-refractivity contribution is 9.10. The second-order valence-corrected chi connectivity index (χ2v) is 7.94. The highest BCUT2D eigenvalue weighted by atomic mass is 79.9. The van der Waals surface area contributed by atoms with Crippen LogP contribution >= 0.6 is 15.9 Å². The van der Waals surface area contributed by atoms with Crippen LogP contribution in [0.5, 0.6) is 0 Å². The summed E-state index contributed by atoms with van der Waals surface area (Å²) in [5, 5.41) is 0. The molecule has 5 heteroatoms. The lowest BCUT2D eigenvalue weighted by atomic mass is 9.94. The van der Waals surface area contributed by atoms with Gasteiger partial charge in [0.25, 0.3) is 0 Å². The molecule has 2 heterocycles. The first-order valence-electron chi connectivity index (χ1n) is 9.08. The first-order chi connectivity index (χ1) is 11.6. The summed E-state index contributed by atoms with van der Waals surface area (Å²) in [5.41, 5.74) is 0.732. The molecule has 0 bridgehead atoms. The van der Waals surface area contributed by atoms with E-state index in [9.17, 15) is 9.18 Å². The monoisotopic (exact) mass is 396 g/mol. The van der Waals surface area contributed by atoms with E-state index in [0.717, 1.165) is 61.9 Å². The van der Waals surface area contributed by atoms with Gasteiger partial charge in [0.05, 0.1) is 0 Å². The number of nitrogens with zero attached hydrogens (tertiary/aromatic N) is 2. The van der Waals surface area contributed by atoms with Crippen molar-refractivity contribution >= 4 is 21.8 Å². The molecule has 2 aliphatic heterocycles. The Morgan fingerprint density at radius 1 is 1.08 bits per heavy atom. The third kappa shape index (κ3) is 4.57. The predicted molar refractivity (Wildman–Crippen MR) is 97.1 cm³/mol. The Bertz CT molecular complexity index is 564. The molecular formula is C19H26BrFN2O. The lowest BCUT2D eigenvalue weighted by molar-refractivity contribution is -0.137. The van der Waals surface area contributed by atoms with E-state index in [2.05, 4.69) is 25.7 Å². The fourth-order valence-corrected chi connectivity index (χ4v) is 4.11. The van der Waals surface area contributed by atoms with Crippen LogP contribution in [-0.2, 0) is 11.3 Å². The van der Waals surface area contributed by atoms with Crippen LogP contribution in [0.4, 0.5) is 4.39 Å². The molecule has 2 aliphatic rings. The molecule has 132 valence electrons. The van der Waals surface area contributed by atoms with Gasteiger partial charge in [-0.1, -0.05) is 34.8 Å². The Labute approximate surface area is 152 Å². The number of rotatable bonds is 3. The number of hydrogen-bond donors (Lipinski definition) is 0. The van der Waals surface area contributed by atoms with E-state index in [0.29, 0.717) is 12.5 Å². The SMILES string of the molecule is O=C(C1CCN(Cc2ccc(Br)cc2F)CC1)N1CCCCCC1. The van der Waals surface area contributed by atoms with Crippen molar-refractivity contribution in [3.63, 3.8) is 0 Å². The largest absolute Gasteiger partial charge is 0.342 e. The van der Waals surface area contributed by atoms with Gasteiger partial charge >= 0.3 is 0 Å². The summed E-state index contributed by atoms with van der Waals surface area (Å²) in [6.45, 7) is 4.25. The maximum atomic E-state index is 14.0. The molecule has 1 amide bonds. The first-order valence-corrected chi connectivity index (χ1v) is 9.88. The lowest BCUT2D eigenvalue weighted by Crippen LogP contribution is -2.42. The Morgan fingerprint density at radius 3 is 2.38 bits per heavy atom. The molecule has 2 fully saturated rings. The van der Waals surface area contributed by atoms with Gasteiger partial charge in [0.1, 0.15) is 5.82 Å². The van der Waals surface area contributed by atoms with Crippen LogP contribution in [0.15, 0.2) is 22.7 Å². The third-order valence-electron chi connectivity index (χ3n) is 5.26. The molecule has 0 saturated carbocycles. The van der Waals surface area contributed by atoms with Crippen molar-refractivity contribution < 1.29 is 9.18 Å². The number of amides is 1. The summed E-state index contributed by atoms with van der Waals surface area (Å²) in [5.74, 6) is 0.354. The highest BCUT2D eigenvalue weighted by Crippen LogP contribution is 2.24. The summed E-state index contributed by atoms with van der Waals surface area (Å²) >= 11 is 3.29. The molecular weight excluding hydrogens is 371 g/mol. The molecule has 0 unspecified atom stereocenters. The molecule has 3 rings (SSSR count). The molecule has 0 atom stereocenters. The second-order valence-electron chi connectivity index (χ2n) is 7.03. The van der Waals surface area contributed by atoms with E-state index in [4.69, 9.17) is 0 Å². The average molecular weight is 397 g/mol. The van der Waals surface area contributed by atoms with Crippen LogP contribution in [0.2, 0.25) is 0 Å². The van der Waals surface area contributed by atoms with Gasteiger partial charge in [0.2, 0.25) is 5.91 Å². The van der Waals surface area contributed by atoms with Crippen molar-refractivity contribution in [3.05, 3.63) is 34.1 Å². The van der Waals surface area contributed by atoms with Crippen LogP contribution in [0, 0.1) is 11.7 Å². The molecule has 0 radical (unpaired) electrons. The van der Waals surface area contributed by atoms with Crippen molar-refractivity contribution in [2.24, 2.45) is 5.92 Å². The second kappa shape index (κ2) is 8.43. The quantitative estimate of drug-likeness (QED) is 0.763. The number of likely N-dealkylation sites (tertiary alicyclic amines) is 2. The fraction of sp³-hybridized carbons (Fsp3) is 0.632. The average Bonchev–Trinajstić information content (AvgIpc) is 2.87. The van der Waals surface area contributed by atoms with Gasteiger partial charge in [-0.3, -0.25) is 9.69 Å². The molecule has 2 saturated heterocycles. The molecule has 0 spiro atoms. The van der Waals surface area contributed by atoms with E-state index in [1.165, 1.54) is 18.9 Å². The topological polar surface area (TPSA) is 23.6 Å². The van der Waals surface area contributed by atoms with E-state index < -0.39 is 0 Å². The van der Waals surface area contributed by atoms with Gasteiger partial charge in [-0.05, 0) is 50.9 Å². The van der Waals surface area contributed by atoms with Crippen molar-refractivity contribution in [3.8, 4) is 0 Å². The molecule has 1 aromatic rings. The maximum Gasteiger partial charge on any atom is 0.225 e. The smallest absolute Gasteiger partial charge is 0.225 e. The normalized spacial score (nSPS) is 20.8. The van der Waals surface area contributed by atoms with E-state index >= 15 is 0 Å². The molecule has 0 N–H and O–H groups in total. The summed E-state index contributed by atoms with van der Waals surface area (Å²) in [7, 11) is 0. The van der Waals surface area contributed by atoms with Gasteiger partial charge in [-0.15, -0.1) is 0 Å². The molecule has 0 aromatic heterocycles. The van der Waals surface area contributed by atoms with Crippen LogP contribution in [0.25, 0.3) is 0 Å². The fourth-order valence-electron chi connectivity index (χ4n) is 3.78. The van der Waals surface area contributed by atoms with Crippen molar-refractivity contribution in [2.75, 3.05) is 26.2 Å². The Kier molecular flexibility index (Phi) is 6.28. The number of carbonyl (C=O) groups is 1. The van der Waals surface area contributed by atoms with Crippen LogP contribution < -0.4 is 0 Å². The van der Waals surface area contributed by atoms with Gasteiger partial charge < -0.3 is 4.90 Å². The van der Waals surface area contributed by atoms with Gasteiger partial charge in [0, 0.05) is 35.6 Å². The van der Waals surface area contributed by atoms with E-state index in [-0.39, 0.29) is 11.7 Å². The zero-order chi connectivity index (χ0) is 16.9. The zero-order valence-electron chi connectivity index (χ0n) is 14.1. The van der Waals surface area contributed by atoms with Crippen molar-refractivity contribution in [1.29, 1.82) is 0 Å². The zero-order valence-corrected chi connectivity index (χ0v) is 15.7. The molecule has 0 aliphatic carbocycles. The first kappa shape index (κ1) is 17.9. The number of carbonyl (C=O) groups excluding carboxylic acids is 1. The minimum atomic E-state index is -0.160. The number of halogens is 2. The summed E-state index contributed by atoms with van der Waals surface area (Å²) in [6.07, 6.45) is 6.59. The van der Waals surface area contributed by atoms with Crippen LogP contribution in [-0.4, -0.2) is 41.9 Å². The van der Waals surface area contributed by atoms with Gasteiger partial charge in [-0.2, -0.15) is 0 Å². The van der Waals surface area contributed by atoms with Crippen molar-refractivity contribution in [1.82, 2.24) is 9.80 Å². The lowest BCUT2D eigenvalue weighted by Gasteiger charge is -2.34. The summed E-state index contributed by atoms with van der Waals surface area (Å²) in [6, 6.07) is 5.24. The highest BCUT2D eigenvalue weighted by Gasteiger charge is 2.29. The molecule has 24 heavy (non-hydrogen) atoms. The number of benzene rings is 1. The van der Waals surface area contributed by atoms with E-state index in [1.807, 2.05) is 12.1 Å². The predicted octanol–water partition coefficient (Wildman–Crippen LogP) is 4.20. The van der Waals surface area contributed by atoms with Crippen molar-refractivity contribution in [2.45, 2.75) is 45.1 Å². The van der Waals surface area contributed by atoms with Gasteiger partial charge in [0.15, 0.2) is 0 Å². The maximum absolute atomic E-state index is 14.0. The van der Waals surface area contributed by atoms with Gasteiger partial charge in [-0.25, -0.2) is 4.39 Å².